The van der Waals surface area contributed by atoms with Gasteiger partial charge in [0.25, 0.3) is 6.43 Å². The zero-order valence-electron chi connectivity index (χ0n) is 11.5. The van der Waals surface area contributed by atoms with Gasteiger partial charge >= 0.3 is 0 Å². The number of aryl methyl sites for hydroxylation is 1. The maximum Gasteiger partial charge on any atom is 0.280 e. The van der Waals surface area contributed by atoms with E-state index in [1.165, 1.54) is 12.3 Å². The van der Waals surface area contributed by atoms with Crippen LogP contribution in [0.2, 0.25) is 5.02 Å². The summed E-state index contributed by atoms with van der Waals surface area (Å²) in [6, 6.07) is 6.55. The van der Waals surface area contributed by atoms with Crippen LogP contribution in [0.4, 0.5) is 8.78 Å². The van der Waals surface area contributed by atoms with Crippen molar-refractivity contribution in [1.82, 2.24) is 14.6 Å². The number of halogens is 3. The molecular weight excluding hydrogens is 308 g/mol. The molecule has 22 heavy (non-hydrogen) atoms. The van der Waals surface area contributed by atoms with Crippen LogP contribution < -0.4 is 0 Å². The summed E-state index contributed by atoms with van der Waals surface area (Å²) >= 11 is 5.99. The maximum absolute atomic E-state index is 13.3. The lowest BCUT2D eigenvalue weighted by Gasteiger charge is -2.09. The molecule has 2 aromatic heterocycles. The summed E-state index contributed by atoms with van der Waals surface area (Å²) in [6.07, 6.45) is 4.03. The molecule has 0 aliphatic heterocycles. The first kappa shape index (κ1) is 14.5. The van der Waals surface area contributed by atoms with E-state index in [4.69, 9.17) is 18.0 Å². The number of fused-ring (bicyclic) bond motifs is 1. The zero-order chi connectivity index (χ0) is 15.9. The SMILES string of the molecule is C#Cc1cnn2c(C(F)F)cc(-c3ccc(Cl)c(C)c3)nc12. The van der Waals surface area contributed by atoms with Crippen molar-refractivity contribution in [3.05, 3.63) is 52.3 Å². The van der Waals surface area contributed by atoms with Crippen LogP contribution in [0.5, 0.6) is 0 Å². The predicted octanol–water partition coefficient (Wildman–Crippen LogP) is 4.28. The fourth-order valence-electron chi connectivity index (χ4n) is 2.20. The van der Waals surface area contributed by atoms with Gasteiger partial charge in [-0.2, -0.15) is 5.10 Å². The van der Waals surface area contributed by atoms with Gasteiger partial charge in [0.2, 0.25) is 0 Å². The van der Waals surface area contributed by atoms with Crippen molar-refractivity contribution in [3.63, 3.8) is 0 Å². The molecule has 0 radical (unpaired) electrons. The van der Waals surface area contributed by atoms with Gasteiger partial charge in [0.1, 0.15) is 5.69 Å². The van der Waals surface area contributed by atoms with Crippen LogP contribution in [0.25, 0.3) is 16.9 Å². The van der Waals surface area contributed by atoms with Crippen LogP contribution in [0.3, 0.4) is 0 Å². The maximum atomic E-state index is 13.3. The number of terminal acetylenes is 1. The topological polar surface area (TPSA) is 30.2 Å². The normalized spacial score (nSPS) is 11.1. The number of alkyl halides is 2. The molecule has 0 aliphatic carbocycles. The molecular formula is C16H10ClF2N3. The highest BCUT2D eigenvalue weighted by molar-refractivity contribution is 6.31. The second-order valence-electron chi connectivity index (χ2n) is 4.77. The van der Waals surface area contributed by atoms with E-state index in [-0.39, 0.29) is 11.3 Å². The van der Waals surface area contributed by atoms with Crippen molar-refractivity contribution in [1.29, 1.82) is 0 Å². The third-order valence-electron chi connectivity index (χ3n) is 3.33. The van der Waals surface area contributed by atoms with Gasteiger partial charge < -0.3 is 0 Å². The number of hydrogen-bond donors (Lipinski definition) is 0. The molecule has 3 nitrogen and oxygen atoms in total. The predicted molar refractivity (Wildman–Crippen MR) is 81.1 cm³/mol. The number of hydrogen-bond acceptors (Lipinski definition) is 2. The number of rotatable bonds is 2. The van der Waals surface area contributed by atoms with E-state index < -0.39 is 6.43 Å². The van der Waals surface area contributed by atoms with Gasteiger partial charge in [-0.05, 0) is 30.7 Å². The minimum Gasteiger partial charge on any atom is -0.227 e. The zero-order valence-corrected chi connectivity index (χ0v) is 12.3. The Morgan fingerprint density at radius 1 is 1.32 bits per heavy atom. The Morgan fingerprint density at radius 3 is 2.73 bits per heavy atom. The molecule has 0 aliphatic rings. The molecule has 6 heteroatoms. The van der Waals surface area contributed by atoms with E-state index in [1.54, 1.807) is 18.2 Å². The molecule has 0 bridgehead atoms. The summed E-state index contributed by atoms with van der Waals surface area (Å²) in [5.74, 6) is 2.40. The van der Waals surface area contributed by atoms with Crippen molar-refractivity contribution in [2.75, 3.05) is 0 Å². The fourth-order valence-corrected chi connectivity index (χ4v) is 2.31. The average Bonchev–Trinajstić information content (AvgIpc) is 2.91. The van der Waals surface area contributed by atoms with Gasteiger partial charge in [-0.3, -0.25) is 0 Å². The average molecular weight is 318 g/mol. The summed E-state index contributed by atoms with van der Waals surface area (Å²) in [5.41, 5.74) is 2.28. The molecule has 3 aromatic rings. The molecule has 0 saturated carbocycles. The van der Waals surface area contributed by atoms with Gasteiger partial charge in [0.15, 0.2) is 5.65 Å². The van der Waals surface area contributed by atoms with E-state index in [0.29, 0.717) is 21.8 Å². The van der Waals surface area contributed by atoms with Crippen LogP contribution in [0.1, 0.15) is 23.2 Å². The van der Waals surface area contributed by atoms with Crippen LogP contribution in [-0.2, 0) is 0 Å². The fraction of sp³-hybridized carbons (Fsp3) is 0.125. The van der Waals surface area contributed by atoms with Crippen LogP contribution in [0, 0.1) is 19.3 Å². The lowest BCUT2D eigenvalue weighted by Crippen LogP contribution is -2.02. The molecule has 0 N–H and O–H groups in total. The molecule has 1 aromatic carbocycles. The van der Waals surface area contributed by atoms with Crippen molar-refractivity contribution in [2.45, 2.75) is 13.3 Å². The molecule has 0 fully saturated rings. The summed E-state index contributed by atoms with van der Waals surface area (Å²) in [5, 5.41) is 4.49. The first-order valence-electron chi connectivity index (χ1n) is 6.41. The van der Waals surface area contributed by atoms with Crippen molar-refractivity contribution >= 4 is 17.2 Å². The third-order valence-corrected chi connectivity index (χ3v) is 3.76. The van der Waals surface area contributed by atoms with Gasteiger partial charge in [0.05, 0.1) is 17.5 Å². The number of nitrogens with zero attached hydrogens (tertiary/aromatic N) is 3. The molecule has 0 spiro atoms. The summed E-state index contributed by atoms with van der Waals surface area (Å²) < 4.78 is 27.7. The van der Waals surface area contributed by atoms with E-state index in [9.17, 15) is 8.78 Å². The van der Waals surface area contributed by atoms with Crippen LogP contribution >= 0.6 is 11.6 Å². The third kappa shape index (κ3) is 2.32. The Morgan fingerprint density at radius 2 is 2.09 bits per heavy atom. The lowest BCUT2D eigenvalue weighted by atomic mass is 10.1. The Labute approximate surface area is 130 Å². The summed E-state index contributed by atoms with van der Waals surface area (Å²) in [7, 11) is 0. The Hall–Kier alpha value is -2.45. The Kier molecular flexibility index (Phi) is 3.55. The highest BCUT2D eigenvalue weighted by Crippen LogP contribution is 2.28. The van der Waals surface area contributed by atoms with E-state index >= 15 is 0 Å². The first-order valence-corrected chi connectivity index (χ1v) is 6.79. The highest BCUT2D eigenvalue weighted by Gasteiger charge is 2.18. The largest absolute Gasteiger partial charge is 0.280 e. The second-order valence-corrected chi connectivity index (χ2v) is 5.18. The Bertz CT molecular complexity index is 910. The van der Waals surface area contributed by atoms with Gasteiger partial charge in [0, 0.05) is 10.6 Å². The standard InChI is InChI=1S/C16H10ClF2N3/c1-3-10-8-20-22-14(15(18)19)7-13(21-16(10)22)11-4-5-12(17)9(2)6-11/h1,4-8,15H,2H3. The second kappa shape index (κ2) is 5.39. The van der Waals surface area contributed by atoms with Crippen LogP contribution in [0.15, 0.2) is 30.5 Å². The molecule has 0 atom stereocenters. The smallest absolute Gasteiger partial charge is 0.227 e. The van der Waals surface area contributed by atoms with Crippen molar-refractivity contribution in [3.8, 4) is 23.6 Å². The highest BCUT2D eigenvalue weighted by atomic mass is 35.5. The molecule has 0 saturated heterocycles. The van der Waals surface area contributed by atoms with Gasteiger partial charge in [-0.1, -0.05) is 23.6 Å². The van der Waals surface area contributed by atoms with Crippen molar-refractivity contribution in [2.24, 2.45) is 0 Å². The molecule has 0 unspecified atom stereocenters. The molecule has 2 heterocycles. The first-order chi connectivity index (χ1) is 10.5. The van der Waals surface area contributed by atoms with E-state index in [2.05, 4.69) is 16.0 Å². The number of benzene rings is 1. The summed E-state index contributed by atoms with van der Waals surface area (Å²) in [4.78, 5) is 4.37. The molecule has 3 rings (SSSR count). The quantitative estimate of drug-likeness (QED) is 0.660. The number of aromatic nitrogens is 3. The van der Waals surface area contributed by atoms with Crippen molar-refractivity contribution < 1.29 is 8.78 Å². The minimum atomic E-state index is -2.69. The summed E-state index contributed by atoms with van der Waals surface area (Å²) in [6.45, 7) is 1.84. The van der Waals surface area contributed by atoms with Crippen LogP contribution in [-0.4, -0.2) is 14.6 Å². The van der Waals surface area contributed by atoms with Gasteiger partial charge in [-0.15, -0.1) is 6.42 Å². The lowest BCUT2D eigenvalue weighted by molar-refractivity contribution is 0.143. The Balaban J connectivity index is 2.30. The monoisotopic (exact) mass is 317 g/mol. The molecule has 110 valence electrons. The van der Waals surface area contributed by atoms with E-state index in [1.807, 2.05) is 6.92 Å². The molecule has 0 amide bonds. The minimum absolute atomic E-state index is 0.239. The van der Waals surface area contributed by atoms with E-state index in [0.717, 1.165) is 10.1 Å². The van der Waals surface area contributed by atoms with Gasteiger partial charge in [-0.25, -0.2) is 18.3 Å².